The minimum atomic E-state index is -0.0631. The summed E-state index contributed by atoms with van der Waals surface area (Å²) in [6.07, 6.45) is 9.01. The zero-order valence-corrected chi connectivity index (χ0v) is 16.9. The minimum absolute atomic E-state index is 0.00655. The maximum absolute atomic E-state index is 13.5. The van der Waals surface area contributed by atoms with E-state index in [2.05, 4.69) is 15.2 Å². The summed E-state index contributed by atoms with van der Waals surface area (Å²) in [6.45, 7) is 0.440. The van der Waals surface area contributed by atoms with E-state index in [0.29, 0.717) is 6.54 Å². The molecule has 0 atom stereocenters. The van der Waals surface area contributed by atoms with E-state index in [-0.39, 0.29) is 18.1 Å². The fourth-order valence-corrected chi connectivity index (χ4v) is 6.61. The van der Waals surface area contributed by atoms with Gasteiger partial charge in [0.2, 0.25) is 0 Å². The molecule has 30 heavy (non-hydrogen) atoms. The molecule has 0 aliphatic heterocycles. The molecule has 3 aromatic rings. The Bertz CT molecular complexity index is 1020. The Morgan fingerprint density at radius 2 is 1.83 bits per heavy atom. The van der Waals surface area contributed by atoms with Crippen LogP contribution in [0.5, 0.6) is 0 Å². The molecule has 4 aliphatic carbocycles. The van der Waals surface area contributed by atoms with Crippen molar-refractivity contribution in [2.45, 2.75) is 50.6 Å². The summed E-state index contributed by atoms with van der Waals surface area (Å²) in [5, 5.41) is 8.15. The van der Waals surface area contributed by atoms with Crippen LogP contribution in [-0.2, 0) is 11.3 Å². The smallest absolute Gasteiger partial charge is 0.264 e. The van der Waals surface area contributed by atoms with Gasteiger partial charge in [0.1, 0.15) is 16.8 Å². The van der Waals surface area contributed by atoms with Gasteiger partial charge in [0, 0.05) is 5.54 Å². The molecule has 0 unspecified atom stereocenters. The quantitative estimate of drug-likeness (QED) is 0.627. The first-order valence-corrected chi connectivity index (χ1v) is 11.0. The van der Waals surface area contributed by atoms with Crippen molar-refractivity contribution < 1.29 is 14.0 Å². The van der Waals surface area contributed by atoms with Gasteiger partial charge in [-0.3, -0.25) is 4.79 Å². The van der Waals surface area contributed by atoms with Crippen LogP contribution in [0.1, 0.15) is 44.3 Å². The number of rotatable bonds is 6. The minimum Gasteiger partial charge on any atom is -0.467 e. The summed E-state index contributed by atoms with van der Waals surface area (Å²) >= 11 is 0. The van der Waals surface area contributed by atoms with Crippen molar-refractivity contribution in [1.29, 1.82) is 0 Å². The van der Waals surface area contributed by atoms with Gasteiger partial charge >= 0.3 is 0 Å². The average Bonchev–Trinajstić information content (AvgIpc) is 3.39. The van der Waals surface area contributed by atoms with Gasteiger partial charge in [0.05, 0.1) is 12.8 Å². The Kier molecular flexibility index (Phi) is 4.11. The van der Waals surface area contributed by atoms with E-state index in [9.17, 15) is 4.79 Å². The third-order valence-corrected chi connectivity index (χ3v) is 7.41. The summed E-state index contributed by atoms with van der Waals surface area (Å²) in [6, 6.07) is 11.4. The molecular formula is C23H26N4O3. The first-order chi connectivity index (χ1) is 14.7. The van der Waals surface area contributed by atoms with Crippen molar-refractivity contribution in [3.05, 3.63) is 48.4 Å². The van der Waals surface area contributed by atoms with Crippen LogP contribution < -0.4 is 4.84 Å². The third-order valence-electron chi connectivity index (χ3n) is 7.41. The lowest BCUT2D eigenvalue weighted by molar-refractivity contribution is -0.158. The molecule has 4 saturated carbocycles. The van der Waals surface area contributed by atoms with Crippen LogP contribution in [0.25, 0.3) is 11.0 Å². The van der Waals surface area contributed by atoms with E-state index >= 15 is 0 Å². The van der Waals surface area contributed by atoms with Gasteiger partial charge in [-0.2, -0.15) is 0 Å². The number of amides is 1. The molecule has 1 aromatic carbocycles. The fourth-order valence-electron chi connectivity index (χ4n) is 6.61. The van der Waals surface area contributed by atoms with Crippen molar-refractivity contribution in [1.82, 2.24) is 20.1 Å². The highest BCUT2D eigenvalue weighted by atomic mass is 16.7. The third kappa shape index (κ3) is 2.99. The predicted molar refractivity (Wildman–Crippen MR) is 109 cm³/mol. The number of carbonyl (C=O) groups excluding carboxylic acids is 1. The molecule has 7 heteroatoms. The highest BCUT2D eigenvalue weighted by molar-refractivity contribution is 5.79. The van der Waals surface area contributed by atoms with Gasteiger partial charge in [0.15, 0.2) is 6.61 Å². The SMILES string of the molecule is O=C(COn1nnc2ccccc21)N(Cc1ccco1)C12CC3CC(CC(C3)C1)C2. The molecule has 0 saturated heterocycles. The zero-order chi connectivity index (χ0) is 20.1. The average molecular weight is 406 g/mol. The van der Waals surface area contributed by atoms with E-state index in [1.165, 1.54) is 24.1 Å². The summed E-state index contributed by atoms with van der Waals surface area (Å²) < 4.78 is 5.62. The number of hydrogen-bond donors (Lipinski definition) is 0. The molecule has 4 fully saturated rings. The molecule has 7 nitrogen and oxygen atoms in total. The van der Waals surface area contributed by atoms with Crippen LogP contribution in [0.4, 0.5) is 0 Å². The van der Waals surface area contributed by atoms with Crippen LogP contribution in [-0.4, -0.2) is 38.1 Å². The standard InChI is InChI=1S/C23H26N4O3/c28-22(15-30-27-21-6-2-1-5-20(21)24-25-27)26(14-19-4-3-7-29-19)23-11-16-8-17(12-23)10-18(9-16)13-23/h1-7,16-18H,8-15H2. The summed E-state index contributed by atoms with van der Waals surface area (Å²) in [5.41, 5.74) is 1.45. The second-order valence-electron chi connectivity index (χ2n) is 9.43. The molecule has 4 aliphatic rings. The van der Waals surface area contributed by atoms with Crippen molar-refractivity contribution >= 4 is 16.9 Å². The molecule has 0 N–H and O–H groups in total. The van der Waals surface area contributed by atoms with Crippen LogP contribution >= 0.6 is 0 Å². The Morgan fingerprint density at radius 3 is 2.53 bits per heavy atom. The maximum Gasteiger partial charge on any atom is 0.264 e. The highest BCUT2D eigenvalue weighted by Crippen LogP contribution is 2.58. The second-order valence-corrected chi connectivity index (χ2v) is 9.43. The summed E-state index contributed by atoms with van der Waals surface area (Å²) in [4.78, 5) is 22.7. The number of para-hydroxylation sites is 1. The van der Waals surface area contributed by atoms with Crippen LogP contribution in [0.15, 0.2) is 47.1 Å². The number of carbonyl (C=O) groups is 1. The molecule has 156 valence electrons. The number of benzene rings is 1. The van der Waals surface area contributed by atoms with Crippen LogP contribution in [0.3, 0.4) is 0 Å². The van der Waals surface area contributed by atoms with Crippen molar-refractivity contribution in [3.63, 3.8) is 0 Å². The predicted octanol–water partition coefficient (Wildman–Crippen LogP) is 3.45. The van der Waals surface area contributed by atoms with Crippen molar-refractivity contribution in [3.8, 4) is 0 Å². The van der Waals surface area contributed by atoms with E-state index in [1.54, 1.807) is 6.26 Å². The van der Waals surface area contributed by atoms with Gasteiger partial charge in [0.25, 0.3) is 5.91 Å². The topological polar surface area (TPSA) is 73.4 Å². The normalized spacial score (nSPS) is 29.4. The van der Waals surface area contributed by atoms with E-state index < -0.39 is 0 Å². The number of fused-ring (bicyclic) bond motifs is 1. The monoisotopic (exact) mass is 406 g/mol. The number of hydrogen-bond acceptors (Lipinski definition) is 5. The van der Waals surface area contributed by atoms with Crippen molar-refractivity contribution in [2.75, 3.05) is 6.61 Å². The molecule has 7 rings (SSSR count). The van der Waals surface area contributed by atoms with Crippen molar-refractivity contribution in [2.24, 2.45) is 17.8 Å². The lowest BCUT2D eigenvalue weighted by atomic mass is 9.52. The van der Waals surface area contributed by atoms with E-state index in [4.69, 9.17) is 9.25 Å². The lowest BCUT2D eigenvalue weighted by Crippen LogP contribution is -2.62. The molecular weight excluding hydrogens is 380 g/mol. The Hall–Kier alpha value is -2.83. The number of furan rings is 1. The maximum atomic E-state index is 13.5. The fraction of sp³-hybridized carbons (Fsp3) is 0.522. The molecule has 4 bridgehead atoms. The van der Waals surface area contributed by atoms with Crippen LogP contribution in [0.2, 0.25) is 0 Å². The second kappa shape index (κ2) is 6.86. The largest absolute Gasteiger partial charge is 0.467 e. The number of aromatic nitrogens is 3. The molecule has 0 radical (unpaired) electrons. The Balaban J connectivity index is 1.26. The Morgan fingerprint density at radius 1 is 1.10 bits per heavy atom. The van der Waals surface area contributed by atoms with Gasteiger partial charge < -0.3 is 14.2 Å². The first kappa shape index (κ1) is 18.0. The molecule has 0 spiro atoms. The first-order valence-electron chi connectivity index (χ1n) is 11.0. The van der Waals surface area contributed by atoms with Crippen LogP contribution in [0, 0.1) is 17.8 Å². The zero-order valence-electron chi connectivity index (χ0n) is 16.9. The van der Waals surface area contributed by atoms with E-state index in [1.807, 2.05) is 36.4 Å². The highest BCUT2D eigenvalue weighted by Gasteiger charge is 2.54. The van der Waals surface area contributed by atoms with Gasteiger partial charge in [-0.05, 0) is 85.8 Å². The van der Waals surface area contributed by atoms with Gasteiger partial charge in [-0.15, -0.1) is 5.10 Å². The molecule has 2 heterocycles. The van der Waals surface area contributed by atoms with Gasteiger partial charge in [-0.25, -0.2) is 0 Å². The molecule has 1 amide bonds. The molecule has 2 aromatic heterocycles. The van der Waals surface area contributed by atoms with Gasteiger partial charge in [-0.1, -0.05) is 17.0 Å². The summed E-state index contributed by atoms with van der Waals surface area (Å²) in [5.74, 6) is 3.08. The Labute approximate surface area is 174 Å². The lowest BCUT2D eigenvalue weighted by Gasteiger charge is -2.60. The summed E-state index contributed by atoms with van der Waals surface area (Å²) in [7, 11) is 0. The number of nitrogens with zero attached hydrogens (tertiary/aromatic N) is 4. The van der Waals surface area contributed by atoms with E-state index in [0.717, 1.165) is 53.8 Å².